The molecule has 1 unspecified atom stereocenters. The Morgan fingerprint density at radius 1 is 1.31 bits per heavy atom. The van der Waals surface area contributed by atoms with Crippen molar-refractivity contribution in [3.63, 3.8) is 0 Å². The van der Waals surface area contributed by atoms with Gasteiger partial charge in [-0.2, -0.15) is 0 Å². The summed E-state index contributed by atoms with van der Waals surface area (Å²) in [7, 11) is 0. The van der Waals surface area contributed by atoms with Gasteiger partial charge in [0.15, 0.2) is 11.0 Å². The van der Waals surface area contributed by atoms with Gasteiger partial charge in [-0.25, -0.2) is 0 Å². The predicted octanol–water partition coefficient (Wildman–Crippen LogP) is 4.04. The largest absolute Gasteiger partial charge is 0.324 e. The third kappa shape index (κ3) is 4.72. The first-order chi connectivity index (χ1) is 13.9. The molecule has 1 aromatic carbocycles. The molecule has 2 aromatic heterocycles. The maximum Gasteiger partial charge on any atom is 0.271 e. The Balaban J connectivity index is 1.76. The van der Waals surface area contributed by atoms with Crippen molar-refractivity contribution in [3.05, 3.63) is 57.9 Å². The highest BCUT2D eigenvalue weighted by Crippen LogP contribution is 2.30. The van der Waals surface area contributed by atoms with Crippen molar-refractivity contribution >= 4 is 40.6 Å². The number of nitrogens with zero attached hydrogens (tertiary/aromatic N) is 5. The Kier molecular flexibility index (Phi) is 6.45. The van der Waals surface area contributed by atoms with Gasteiger partial charge in [-0.3, -0.25) is 19.9 Å². The number of carbonyl (C=O) groups is 1. The van der Waals surface area contributed by atoms with Crippen LogP contribution in [0.4, 0.5) is 11.4 Å². The van der Waals surface area contributed by atoms with Gasteiger partial charge in [0, 0.05) is 36.6 Å². The van der Waals surface area contributed by atoms with Crippen molar-refractivity contribution in [3.8, 4) is 11.4 Å². The fraction of sp³-hybridized carbons (Fsp3) is 0.222. The number of non-ortho nitro benzene ring substituents is 1. The van der Waals surface area contributed by atoms with Crippen LogP contribution >= 0.6 is 23.4 Å². The summed E-state index contributed by atoms with van der Waals surface area (Å²) < 4.78 is 1.91. The normalized spacial score (nSPS) is 11.8. The summed E-state index contributed by atoms with van der Waals surface area (Å²) in [5, 5.41) is 22.3. The number of amides is 1. The van der Waals surface area contributed by atoms with E-state index in [2.05, 4.69) is 20.5 Å². The average molecular weight is 433 g/mol. The maximum absolute atomic E-state index is 12.6. The topological polar surface area (TPSA) is 116 Å². The number of thioether (sulfide) groups is 1. The molecule has 11 heteroatoms. The van der Waals surface area contributed by atoms with Gasteiger partial charge in [0.1, 0.15) is 0 Å². The molecule has 1 atom stereocenters. The molecule has 3 rings (SSSR count). The highest BCUT2D eigenvalue weighted by atomic mass is 35.5. The molecule has 1 N–H and O–H groups in total. The Bertz CT molecular complexity index is 1040. The molecule has 9 nitrogen and oxygen atoms in total. The highest BCUT2D eigenvalue weighted by Gasteiger charge is 2.21. The number of hydrogen-bond donors (Lipinski definition) is 1. The number of nitro benzene ring substituents is 1. The molecule has 1 amide bonds. The van der Waals surface area contributed by atoms with Crippen LogP contribution in [0.2, 0.25) is 5.02 Å². The lowest BCUT2D eigenvalue weighted by molar-refractivity contribution is -0.384. The van der Waals surface area contributed by atoms with Crippen molar-refractivity contribution in [1.82, 2.24) is 19.7 Å². The van der Waals surface area contributed by atoms with Crippen LogP contribution in [0.1, 0.15) is 13.8 Å². The number of halogens is 1. The Morgan fingerprint density at radius 3 is 2.69 bits per heavy atom. The molecule has 0 bridgehead atoms. The Labute approximate surface area is 175 Å². The average Bonchev–Trinajstić information content (AvgIpc) is 3.12. The zero-order valence-electron chi connectivity index (χ0n) is 15.6. The van der Waals surface area contributed by atoms with Crippen LogP contribution in [0.25, 0.3) is 11.4 Å². The van der Waals surface area contributed by atoms with E-state index in [1.807, 2.05) is 23.6 Å². The molecule has 3 aromatic rings. The second-order valence-corrected chi connectivity index (χ2v) is 7.67. The first-order valence-corrected chi connectivity index (χ1v) is 9.91. The minimum Gasteiger partial charge on any atom is -0.324 e. The van der Waals surface area contributed by atoms with Crippen molar-refractivity contribution in [2.45, 2.75) is 30.8 Å². The van der Waals surface area contributed by atoms with E-state index in [4.69, 9.17) is 11.6 Å². The minimum atomic E-state index is -0.547. The van der Waals surface area contributed by atoms with Crippen LogP contribution in [0, 0.1) is 10.1 Å². The van der Waals surface area contributed by atoms with Crippen LogP contribution in [0.3, 0.4) is 0 Å². The number of carbonyl (C=O) groups excluding carboxylic acids is 1. The molecule has 150 valence electrons. The number of nitrogens with one attached hydrogen (secondary N) is 1. The molecule has 2 heterocycles. The van der Waals surface area contributed by atoms with Crippen LogP contribution in [-0.4, -0.2) is 35.8 Å². The zero-order valence-corrected chi connectivity index (χ0v) is 17.1. The smallest absolute Gasteiger partial charge is 0.271 e. The molecule has 29 heavy (non-hydrogen) atoms. The predicted molar refractivity (Wildman–Crippen MR) is 111 cm³/mol. The highest BCUT2D eigenvalue weighted by molar-refractivity contribution is 8.00. The van der Waals surface area contributed by atoms with Gasteiger partial charge in [0.05, 0.1) is 20.9 Å². The number of benzene rings is 1. The second-order valence-electron chi connectivity index (χ2n) is 5.96. The van der Waals surface area contributed by atoms with E-state index < -0.39 is 10.2 Å². The fourth-order valence-electron chi connectivity index (χ4n) is 2.54. The third-order valence-electron chi connectivity index (χ3n) is 4.04. The molecule has 0 aliphatic heterocycles. The van der Waals surface area contributed by atoms with Crippen molar-refractivity contribution < 1.29 is 9.72 Å². The second kappa shape index (κ2) is 9.01. The van der Waals surface area contributed by atoms with Gasteiger partial charge in [0.2, 0.25) is 5.91 Å². The SMILES string of the molecule is CCn1c(SC(C)C(=O)Nc2cc([N+](=O)[O-])ccc2Cl)nnc1-c1ccncc1. The molecule has 0 aliphatic rings. The quantitative estimate of drug-likeness (QED) is 0.340. The van der Waals surface area contributed by atoms with E-state index >= 15 is 0 Å². The van der Waals surface area contributed by atoms with E-state index in [-0.39, 0.29) is 22.3 Å². The Hall–Kier alpha value is -2.98. The molecule has 0 spiro atoms. The molecule has 0 saturated carbocycles. The fourth-order valence-corrected chi connectivity index (χ4v) is 3.62. The molecule has 0 radical (unpaired) electrons. The van der Waals surface area contributed by atoms with Crippen molar-refractivity contribution in [1.29, 1.82) is 0 Å². The van der Waals surface area contributed by atoms with Crippen LogP contribution in [0.15, 0.2) is 47.9 Å². The number of aromatic nitrogens is 4. The summed E-state index contributed by atoms with van der Waals surface area (Å²) in [4.78, 5) is 27.0. The lowest BCUT2D eigenvalue weighted by Gasteiger charge is -2.13. The standard InChI is InChI=1S/C18H17ClN6O3S/c1-3-24-16(12-6-8-20-9-7-12)22-23-18(24)29-11(2)17(26)21-15-10-13(25(27)28)4-5-14(15)19/h4-11H,3H2,1-2H3,(H,21,26). The first-order valence-electron chi connectivity index (χ1n) is 8.65. The van der Waals surface area contributed by atoms with E-state index in [0.29, 0.717) is 17.5 Å². The van der Waals surface area contributed by atoms with E-state index in [9.17, 15) is 14.9 Å². The number of nitro groups is 1. The number of anilines is 1. The van der Waals surface area contributed by atoms with E-state index in [0.717, 1.165) is 5.56 Å². The van der Waals surface area contributed by atoms with Crippen LogP contribution in [-0.2, 0) is 11.3 Å². The van der Waals surface area contributed by atoms with E-state index in [1.54, 1.807) is 19.3 Å². The maximum atomic E-state index is 12.6. The Morgan fingerprint density at radius 2 is 2.03 bits per heavy atom. The number of rotatable bonds is 7. The molecule has 0 fully saturated rings. The lowest BCUT2D eigenvalue weighted by Crippen LogP contribution is -2.23. The summed E-state index contributed by atoms with van der Waals surface area (Å²) in [5.74, 6) is 0.334. The summed E-state index contributed by atoms with van der Waals surface area (Å²) >= 11 is 7.29. The minimum absolute atomic E-state index is 0.155. The molecule has 0 aliphatic carbocycles. The van der Waals surface area contributed by atoms with Crippen LogP contribution < -0.4 is 5.32 Å². The molecule has 0 saturated heterocycles. The van der Waals surface area contributed by atoms with Gasteiger partial charge in [-0.1, -0.05) is 23.4 Å². The summed E-state index contributed by atoms with van der Waals surface area (Å²) in [5.41, 5.74) is 0.909. The number of pyridine rings is 1. The van der Waals surface area contributed by atoms with E-state index in [1.165, 1.54) is 30.0 Å². The van der Waals surface area contributed by atoms with Crippen LogP contribution in [0.5, 0.6) is 0 Å². The first kappa shape index (κ1) is 20.7. The zero-order chi connectivity index (χ0) is 21.0. The molecular formula is C18H17ClN6O3S. The summed E-state index contributed by atoms with van der Waals surface area (Å²) in [6, 6.07) is 7.56. The molecular weight excluding hydrogens is 416 g/mol. The van der Waals surface area contributed by atoms with Gasteiger partial charge >= 0.3 is 0 Å². The van der Waals surface area contributed by atoms with Gasteiger partial charge in [-0.15, -0.1) is 10.2 Å². The lowest BCUT2D eigenvalue weighted by atomic mass is 10.2. The third-order valence-corrected chi connectivity index (χ3v) is 5.45. The van der Waals surface area contributed by atoms with Gasteiger partial charge in [0.25, 0.3) is 5.69 Å². The van der Waals surface area contributed by atoms with Crippen molar-refractivity contribution in [2.75, 3.05) is 5.32 Å². The summed E-state index contributed by atoms with van der Waals surface area (Å²) in [6.07, 6.45) is 3.35. The monoisotopic (exact) mass is 432 g/mol. The van der Waals surface area contributed by atoms with Gasteiger partial charge < -0.3 is 9.88 Å². The number of hydrogen-bond acceptors (Lipinski definition) is 7. The van der Waals surface area contributed by atoms with Crippen molar-refractivity contribution in [2.24, 2.45) is 0 Å². The van der Waals surface area contributed by atoms with Gasteiger partial charge in [-0.05, 0) is 32.0 Å². The summed E-state index contributed by atoms with van der Waals surface area (Å²) in [6.45, 7) is 4.30.